The van der Waals surface area contributed by atoms with E-state index in [9.17, 15) is 9.18 Å². The summed E-state index contributed by atoms with van der Waals surface area (Å²) in [6.07, 6.45) is 5.05. The minimum absolute atomic E-state index is 0.0270. The molecule has 24 heavy (non-hydrogen) atoms. The lowest BCUT2D eigenvalue weighted by Gasteiger charge is -2.22. The zero-order chi connectivity index (χ0) is 17.1. The van der Waals surface area contributed by atoms with E-state index in [0.29, 0.717) is 6.54 Å². The van der Waals surface area contributed by atoms with E-state index in [1.54, 1.807) is 35.8 Å². The summed E-state index contributed by atoms with van der Waals surface area (Å²) in [5.74, 6) is -0.191. The average Bonchev–Trinajstić information content (AvgIpc) is 2.95. The average molecular weight is 330 g/mol. The van der Waals surface area contributed by atoms with Crippen LogP contribution in [0.25, 0.3) is 0 Å². The molecule has 0 saturated carbocycles. The van der Waals surface area contributed by atoms with Crippen molar-refractivity contribution in [2.45, 2.75) is 38.4 Å². The number of likely N-dealkylation sites (N-methyl/N-ethyl adjacent to an activating group) is 1. The lowest BCUT2D eigenvalue weighted by atomic mass is 9.93. The van der Waals surface area contributed by atoms with Crippen LogP contribution in [0.2, 0.25) is 0 Å². The monoisotopic (exact) mass is 330 g/mol. The Hall–Kier alpha value is -2.21. The van der Waals surface area contributed by atoms with E-state index in [0.717, 1.165) is 30.5 Å². The van der Waals surface area contributed by atoms with Crippen molar-refractivity contribution in [3.05, 3.63) is 53.1 Å². The Kier molecular flexibility index (Phi) is 4.94. The first-order chi connectivity index (χ1) is 11.5. The molecule has 1 aliphatic carbocycles. The number of nitrogens with zero attached hydrogens (tertiary/aromatic N) is 3. The molecule has 5 nitrogen and oxygen atoms in total. The van der Waals surface area contributed by atoms with Gasteiger partial charge in [0.15, 0.2) is 0 Å². The highest BCUT2D eigenvalue weighted by Crippen LogP contribution is 2.28. The van der Waals surface area contributed by atoms with E-state index in [1.165, 1.54) is 11.6 Å². The Balaban J connectivity index is 1.69. The second-order valence-corrected chi connectivity index (χ2v) is 6.48. The fourth-order valence-corrected chi connectivity index (χ4v) is 3.04. The molecule has 0 saturated heterocycles. The smallest absolute Gasteiger partial charge is 0.243 e. The van der Waals surface area contributed by atoms with Crippen LogP contribution in [0.15, 0.2) is 30.5 Å². The van der Waals surface area contributed by atoms with Gasteiger partial charge in [-0.2, -0.15) is 5.10 Å². The number of carbonyl (C=O) groups excluding carboxylic acids is 1. The van der Waals surface area contributed by atoms with Gasteiger partial charge in [0, 0.05) is 26.8 Å². The van der Waals surface area contributed by atoms with Gasteiger partial charge in [-0.3, -0.25) is 9.48 Å². The Bertz CT molecular complexity index is 726. The second-order valence-electron chi connectivity index (χ2n) is 6.48. The molecule has 128 valence electrons. The number of carbonyl (C=O) groups is 1. The first kappa shape index (κ1) is 16.6. The standard InChI is InChI=1S/C18H23FN4O/c1-22(2)17(24)12-23-11-14-6-4-8-16(18(14)21-23)20-10-13-5-3-7-15(19)9-13/h3,5,7,9,11,16,20H,4,6,8,10,12H2,1-2H3. The molecule has 1 heterocycles. The molecular formula is C18H23FN4O. The lowest BCUT2D eigenvalue weighted by Crippen LogP contribution is -2.27. The van der Waals surface area contributed by atoms with Crippen molar-refractivity contribution in [3.8, 4) is 0 Å². The predicted molar refractivity (Wildman–Crippen MR) is 89.8 cm³/mol. The molecule has 3 rings (SSSR count). The van der Waals surface area contributed by atoms with E-state index in [4.69, 9.17) is 0 Å². The van der Waals surface area contributed by atoms with Gasteiger partial charge in [0.1, 0.15) is 12.4 Å². The number of hydrogen-bond donors (Lipinski definition) is 1. The number of hydrogen-bond acceptors (Lipinski definition) is 3. The molecule has 1 aromatic carbocycles. The Morgan fingerprint density at radius 2 is 2.29 bits per heavy atom. The maximum Gasteiger partial charge on any atom is 0.243 e. The van der Waals surface area contributed by atoms with Gasteiger partial charge in [0.25, 0.3) is 0 Å². The van der Waals surface area contributed by atoms with Crippen LogP contribution < -0.4 is 5.32 Å². The summed E-state index contributed by atoms with van der Waals surface area (Å²) in [7, 11) is 3.49. The van der Waals surface area contributed by atoms with E-state index >= 15 is 0 Å². The lowest BCUT2D eigenvalue weighted by molar-refractivity contribution is -0.129. The summed E-state index contributed by atoms with van der Waals surface area (Å²) in [6, 6.07) is 6.78. The highest BCUT2D eigenvalue weighted by atomic mass is 19.1. The first-order valence-corrected chi connectivity index (χ1v) is 8.27. The van der Waals surface area contributed by atoms with Crippen LogP contribution in [0.1, 0.15) is 35.7 Å². The topological polar surface area (TPSA) is 50.2 Å². The zero-order valence-corrected chi connectivity index (χ0v) is 14.1. The van der Waals surface area contributed by atoms with Crippen LogP contribution in [0, 0.1) is 5.82 Å². The largest absolute Gasteiger partial charge is 0.347 e. The van der Waals surface area contributed by atoms with Crippen molar-refractivity contribution < 1.29 is 9.18 Å². The number of benzene rings is 1. The van der Waals surface area contributed by atoms with Crippen molar-refractivity contribution >= 4 is 5.91 Å². The third-order valence-corrected chi connectivity index (χ3v) is 4.38. The maximum absolute atomic E-state index is 13.3. The number of halogens is 1. The molecule has 1 aromatic heterocycles. The number of aryl methyl sites for hydroxylation is 1. The van der Waals surface area contributed by atoms with Crippen LogP contribution in [0.4, 0.5) is 4.39 Å². The van der Waals surface area contributed by atoms with Gasteiger partial charge in [-0.25, -0.2) is 4.39 Å². The van der Waals surface area contributed by atoms with Gasteiger partial charge in [-0.15, -0.1) is 0 Å². The van der Waals surface area contributed by atoms with E-state index in [-0.39, 0.29) is 24.3 Å². The summed E-state index contributed by atoms with van der Waals surface area (Å²) in [5.41, 5.74) is 3.14. The highest BCUT2D eigenvalue weighted by molar-refractivity contribution is 5.75. The molecule has 0 aliphatic heterocycles. The Labute approximate surface area is 141 Å². The summed E-state index contributed by atoms with van der Waals surface area (Å²) in [5, 5.41) is 8.09. The van der Waals surface area contributed by atoms with Gasteiger partial charge in [-0.05, 0) is 42.5 Å². The van der Waals surface area contributed by atoms with E-state index in [1.807, 2.05) is 12.3 Å². The van der Waals surface area contributed by atoms with Gasteiger partial charge in [0.2, 0.25) is 5.91 Å². The summed E-state index contributed by atoms with van der Waals surface area (Å²) >= 11 is 0. The first-order valence-electron chi connectivity index (χ1n) is 8.27. The third-order valence-electron chi connectivity index (χ3n) is 4.38. The molecular weight excluding hydrogens is 307 g/mol. The Morgan fingerprint density at radius 3 is 3.04 bits per heavy atom. The summed E-state index contributed by atoms with van der Waals surface area (Å²) in [4.78, 5) is 13.4. The van der Waals surface area contributed by atoms with Crippen molar-refractivity contribution in [3.63, 3.8) is 0 Å². The number of aromatic nitrogens is 2. The quantitative estimate of drug-likeness (QED) is 0.915. The molecule has 1 atom stereocenters. The van der Waals surface area contributed by atoms with Crippen molar-refractivity contribution in [2.24, 2.45) is 0 Å². The molecule has 0 radical (unpaired) electrons. The molecule has 0 fully saturated rings. The normalized spacial score (nSPS) is 16.7. The SMILES string of the molecule is CN(C)C(=O)Cn1cc2c(n1)C(NCc1cccc(F)c1)CCC2. The number of fused-ring (bicyclic) bond motifs is 1. The van der Waals surface area contributed by atoms with Gasteiger partial charge in [0.05, 0.1) is 11.7 Å². The second kappa shape index (κ2) is 7.13. The minimum Gasteiger partial charge on any atom is -0.347 e. The summed E-state index contributed by atoms with van der Waals surface area (Å²) in [6.45, 7) is 0.863. The van der Waals surface area contributed by atoms with Gasteiger partial charge in [-0.1, -0.05) is 12.1 Å². The maximum atomic E-state index is 13.3. The Morgan fingerprint density at radius 1 is 1.46 bits per heavy atom. The fourth-order valence-electron chi connectivity index (χ4n) is 3.04. The third kappa shape index (κ3) is 3.82. The molecule has 6 heteroatoms. The van der Waals surface area contributed by atoms with Crippen molar-refractivity contribution in [1.29, 1.82) is 0 Å². The van der Waals surface area contributed by atoms with Crippen LogP contribution >= 0.6 is 0 Å². The molecule has 0 bridgehead atoms. The number of amides is 1. The van der Waals surface area contributed by atoms with E-state index in [2.05, 4.69) is 10.4 Å². The van der Waals surface area contributed by atoms with Crippen molar-refractivity contribution in [2.75, 3.05) is 14.1 Å². The predicted octanol–water partition coefficient (Wildman–Crippen LogP) is 2.28. The minimum atomic E-state index is -0.217. The summed E-state index contributed by atoms with van der Waals surface area (Å²) < 4.78 is 15.0. The molecule has 2 aromatic rings. The van der Waals surface area contributed by atoms with Crippen LogP contribution in [-0.2, 0) is 24.3 Å². The fraction of sp³-hybridized carbons (Fsp3) is 0.444. The van der Waals surface area contributed by atoms with Crippen LogP contribution in [0.5, 0.6) is 0 Å². The van der Waals surface area contributed by atoms with Gasteiger partial charge >= 0.3 is 0 Å². The zero-order valence-electron chi connectivity index (χ0n) is 14.1. The van der Waals surface area contributed by atoms with Crippen LogP contribution in [0.3, 0.4) is 0 Å². The molecule has 1 unspecified atom stereocenters. The molecule has 0 spiro atoms. The highest BCUT2D eigenvalue weighted by Gasteiger charge is 2.24. The number of rotatable bonds is 5. The number of nitrogens with one attached hydrogen (secondary N) is 1. The molecule has 1 amide bonds. The van der Waals surface area contributed by atoms with E-state index < -0.39 is 0 Å². The van der Waals surface area contributed by atoms with Gasteiger partial charge < -0.3 is 10.2 Å². The van der Waals surface area contributed by atoms with Crippen molar-refractivity contribution in [1.82, 2.24) is 20.0 Å². The van der Waals surface area contributed by atoms with Crippen LogP contribution in [-0.4, -0.2) is 34.7 Å². The molecule has 1 aliphatic rings. The molecule has 1 N–H and O–H groups in total.